The van der Waals surface area contributed by atoms with Gasteiger partial charge in [-0.05, 0) is 20.3 Å². The Labute approximate surface area is 90.2 Å². The van der Waals surface area contributed by atoms with E-state index in [9.17, 15) is 9.90 Å². The van der Waals surface area contributed by atoms with Gasteiger partial charge in [0.1, 0.15) is 0 Å². The minimum absolute atomic E-state index is 0.0566. The van der Waals surface area contributed by atoms with Crippen LogP contribution in [0.1, 0.15) is 20.3 Å². The zero-order valence-electron chi connectivity index (χ0n) is 9.32. The first-order valence-electron chi connectivity index (χ1n) is 5.40. The Bertz CT molecular complexity index is 209. The van der Waals surface area contributed by atoms with E-state index in [1.165, 1.54) is 0 Å². The van der Waals surface area contributed by atoms with Crippen LogP contribution in [-0.2, 0) is 9.53 Å². The van der Waals surface area contributed by atoms with Crippen LogP contribution in [0.2, 0.25) is 0 Å². The molecule has 0 radical (unpaired) electrons. The first-order chi connectivity index (χ1) is 7.09. The first kappa shape index (κ1) is 12.4. The van der Waals surface area contributed by atoms with Gasteiger partial charge >= 0.3 is 0 Å². The number of amides is 1. The minimum Gasteiger partial charge on any atom is -0.392 e. The van der Waals surface area contributed by atoms with Gasteiger partial charge in [0.15, 0.2) is 0 Å². The normalized spacial score (nSPS) is 25.9. The Balaban J connectivity index is 2.08. The molecule has 1 rings (SSSR count). The van der Waals surface area contributed by atoms with Gasteiger partial charge in [-0.2, -0.15) is 0 Å². The maximum Gasteiger partial charge on any atom is 0.237 e. The fourth-order valence-electron chi connectivity index (χ4n) is 1.51. The summed E-state index contributed by atoms with van der Waals surface area (Å²) in [4.78, 5) is 11.5. The van der Waals surface area contributed by atoms with Crippen molar-refractivity contribution in [3.05, 3.63) is 0 Å². The van der Waals surface area contributed by atoms with Crippen molar-refractivity contribution in [2.24, 2.45) is 0 Å². The Morgan fingerprint density at radius 1 is 1.67 bits per heavy atom. The molecule has 0 aliphatic carbocycles. The van der Waals surface area contributed by atoms with Crippen molar-refractivity contribution >= 4 is 5.91 Å². The fourth-order valence-corrected chi connectivity index (χ4v) is 1.51. The van der Waals surface area contributed by atoms with E-state index in [0.29, 0.717) is 26.1 Å². The SMILES string of the molecule is CC(C)OCCNC(=O)C1CC(O)CN1. The van der Waals surface area contributed by atoms with Crippen LogP contribution in [0, 0.1) is 0 Å². The molecule has 0 aromatic rings. The third-order valence-electron chi connectivity index (χ3n) is 2.28. The van der Waals surface area contributed by atoms with Crippen molar-refractivity contribution in [1.82, 2.24) is 10.6 Å². The smallest absolute Gasteiger partial charge is 0.237 e. The Morgan fingerprint density at radius 2 is 2.40 bits per heavy atom. The summed E-state index contributed by atoms with van der Waals surface area (Å²) in [6.07, 6.45) is 0.289. The molecule has 0 spiro atoms. The standard InChI is InChI=1S/C10H20N2O3/c1-7(2)15-4-3-11-10(14)9-5-8(13)6-12-9/h7-9,12-13H,3-6H2,1-2H3,(H,11,14). The number of ether oxygens (including phenoxy) is 1. The number of carbonyl (C=O) groups excluding carboxylic acids is 1. The quantitative estimate of drug-likeness (QED) is 0.529. The third kappa shape index (κ3) is 4.59. The maximum absolute atomic E-state index is 11.5. The molecule has 0 aromatic carbocycles. The zero-order valence-corrected chi connectivity index (χ0v) is 9.32. The van der Waals surface area contributed by atoms with Gasteiger partial charge in [-0.15, -0.1) is 0 Å². The molecule has 1 amide bonds. The van der Waals surface area contributed by atoms with Crippen LogP contribution < -0.4 is 10.6 Å². The lowest BCUT2D eigenvalue weighted by Gasteiger charge is -2.12. The van der Waals surface area contributed by atoms with Crippen LogP contribution in [0.5, 0.6) is 0 Å². The highest BCUT2D eigenvalue weighted by atomic mass is 16.5. The van der Waals surface area contributed by atoms with Crippen LogP contribution in [0.25, 0.3) is 0 Å². The highest BCUT2D eigenvalue weighted by Crippen LogP contribution is 2.05. The Kier molecular flexibility index (Phi) is 5.01. The van der Waals surface area contributed by atoms with E-state index in [4.69, 9.17) is 4.74 Å². The van der Waals surface area contributed by atoms with Crippen molar-refractivity contribution in [2.45, 2.75) is 38.5 Å². The molecular formula is C10H20N2O3. The molecule has 3 N–H and O–H groups in total. The number of hydrogen-bond acceptors (Lipinski definition) is 4. The molecule has 2 atom stereocenters. The van der Waals surface area contributed by atoms with Crippen molar-refractivity contribution in [3.63, 3.8) is 0 Å². The predicted octanol–water partition coefficient (Wildman–Crippen LogP) is -0.750. The number of β-amino-alcohol motifs (C(OH)–C–C–N with tert-alkyl or cyclic N) is 1. The molecular weight excluding hydrogens is 196 g/mol. The van der Waals surface area contributed by atoms with Crippen molar-refractivity contribution in [1.29, 1.82) is 0 Å². The molecule has 1 saturated heterocycles. The summed E-state index contributed by atoms with van der Waals surface area (Å²) in [5, 5.41) is 14.9. The Hall–Kier alpha value is -0.650. The summed E-state index contributed by atoms with van der Waals surface area (Å²) < 4.78 is 5.29. The topological polar surface area (TPSA) is 70.6 Å². The van der Waals surface area contributed by atoms with E-state index in [-0.39, 0.29) is 18.1 Å². The van der Waals surface area contributed by atoms with E-state index in [1.54, 1.807) is 0 Å². The van der Waals surface area contributed by atoms with Crippen LogP contribution in [-0.4, -0.2) is 49.0 Å². The van der Waals surface area contributed by atoms with Crippen LogP contribution in [0.3, 0.4) is 0 Å². The predicted molar refractivity (Wildman–Crippen MR) is 56.5 cm³/mol. The molecule has 1 aliphatic heterocycles. The number of nitrogens with one attached hydrogen (secondary N) is 2. The van der Waals surface area contributed by atoms with Gasteiger partial charge in [-0.3, -0.25) is 4.79 Å². The molecule has 0 aromatic heterocycles. The second kappa shape index (κ2) is 6.05. The molecule has 15 heavy (non-hydrogen) atoms. The van der Waals surface area contributed by atoms with Gasteiger partial charge < -0.3 is 20.5 Å². The highest BCUT2D eigenvalue weighted by molar-refractivity contribution is 5.82. The molecule has 5 nitrogen and oxygen atoms in total. The average Bonchev–Trinajstić information content (AvgIpc) is 2.59. The average molecular weight is 216 g/mol. The minimum atomic E-state index is -0.396. The summed E-state index contributed by atoms with van der Waals surface area (Å²) >= 11 is 0. The van der Waals surface area contributed by atoms with Gasteiger partial charge in [0.05, 0.1) is 24.9 Å². The highest BCUT2D eigenvalue weighted by Gasteiger charge is 2.27. The number of hydrogen-bond donors (Lipinski definition) is 3. The molecule has 0 bridgehead atoms. The van der Waals surface area contributed by atoms with Gasteiger partial charge in [0.25, 0.3) is 0 Å². The van der Waals surface area contributed by atoms with Crippen LogP contribution in [0.4, 0.5) is 0 Å². The van der Waals surface area contributed by atoms with Crippen molar-refractivity contribution < 1.29 is 14.6 Å². The molecule has 88 valence electrons. The van der Waals surface area contributed by atoms with Gasteiger partial charge in [-0.25, -0.2) is 0 Å². The van der Waals surface area contributed by atoms with Gasteiger partial charge in [-0.1, -0.05) is 0 Å². The molecule has 0 saturated carbocycles. The lowest BCUT2D eigenvalue weighted by atomic mass is 10.2. The summed E-state index contributed by atoms with van der Waals surface area (Å²) in [5.41, 5.74) is 0. The lowest BCUT2D eigenvalue weighted by Crippen LogP contribution is -2.41. The summed E-state index contributed by atoms with van der Waals surface area (Å²) in [5.74, 6) is -0.0566. The summed E-state index contributed by atoms with van der Waals surface area (Å²) in [7, 11) is 0. The van der Waals surface area contributed by atoms with E-state index in [2.05, 4.69) is 10.6 Å². The van der Waals surface area contributed by atoms with Crippen molar-refractivity contribution in [2.75, 3.05) is 19.7 Å². The van der Waals surface area contributed by atoms with Crippen molar-refractivity contribution in [3.8, 4) is 0 Å². The zero-order chi connectivity index (χ0) is 11.3. The summed E-state index contributed by atoms with van der Waals surface area (Å²) in [6.45, 7) is 5.46. The largest absolute Gasteiger partial charge is 0.392 e. The Morgan fingerprint density at radius 3 is 2.93 bits per heavy atom. The number of carbonyl (C=O) groups is 1. The molecule has 1 heterocycles. The van der Waals surface area contributed by atoms with Crippen LogP contribution >= 0.6 is 0 Å². The fraction of sp³-hybridized carbons (Fsp3) is 0.900. The first-order valence-corrected chi connectivity index (χ1v) is 5.40. The molecule has 2 unspecified atom stereocenters. The molecule has 1 fully saturated rings. The second-order valence-electron chi connectivity index (χ2n) is 4.06. The van der Waals surface area contributed by atoms with Crippen LogP contribution in [0.15, 0.2) is 0 Å². The van der Waals surface area contributed by atoms with E-state index in [0.717, 1.165) is 0 Å². The maximum atomic E-state index is 11.5. The molecule has 5 heteroatoms. The third-order valence-corrected chi connectivity index (χ3v) is 2.28. The summed E-state index contributed by atoms with van der Waals surface area (Å²) in [6, 6.07) is -0.251. The van der Waals surface area contributed by atoms with E-state index >= 15 is 0 Å². The van der Waals surface area contributed by atoms with E-state index < -0.39 is 6.10 Å². The number of aliphatic hydroxyl groups is 1. The number of rotatable bonds is 5. The number of aliphatic hydroxyl groups excluding tert-OH is 1. The van der Waals surface area contributed by atoms with Gasteiger partial charge in [0.2, 0.25) is 5.91 Å². The second-order valence-corrected chi connectivity index (χ2v) is 4.06. The molecule has 1 aliphatic rings. The lowest BCUT2D eigenvalue weighted by molar-refractivity contribution is -0.123. The monoisotopic (exact) mass is 216 g/mol. The van der Waals surface area contributed by atoms with E-state index in [1.807, 2.05) is 13.8 Å². The van der Waals surface area contributed by atoms with Gasteiger partial charge in [0, 0.05) is 13.1 Å².